The van der Waals surface area contributed by atoms with Crippen molar-refractivity contribution in [2.45, 2.75) is 111 Å². The lowest BCUT2D eigenvalue weighted by atomic mass is 9.72. The Bertz CT molecular complexity index is 4570. The van der Waals surface area contributed by atoms with Crippen molar-refractivity contribution in [2.24, 2.45) is 0 Å². The first-order chi connectivity index (χ1) is 41.8. The molecule has 88 heavy (non-hydrogen) atoms. The quantitative estimate of drug-likeness (QED) is 0.0714. The number of nitrogens with zero attached hydrogens (tertiary/aromatic N) is 2. The highest BCUT2D eigenvalue weighted by Crippen LogP contribution is 2.51. The SMILES string of the molecule is [B]c1c(C)c([B])c(-c2cc(-c3c(C)c([B])c(C)c(S)c3S)cc(N(c3cccc(F)c3)c3ccc4c5c3ccc3ccc(N(c6cccc(F)c6)c6cc(-c7c([B])c(C)c(C)c(C)c7C)cc(-c7c(C)c([B])c(C)c(S)c7C)c6)c(c35)CC4)c2)c(C)c1C. The van der Waals surface area contributed by atoms with Crippen molar-refractivity contribution in [3.05, 3.63) is 211 Å². The summed E-state index contributed by atoms with van der Waals surface area (Å²) < 4.78 is 32.2. The van der Waals surface area contributed by atoms with Crippen LogP contribution in [0.5, 0.6) is 0 Å². The van der Waals surface area contributed by atoms with Crippen LogP contribution in [0, 0.1) is 94.7 Å². The molecule has 0 unspecified atom stereocenters. The van der Waals surface area contributed by atoms with Crippen LogP contribution in [0.3, 0.4) is 0 Å². The Morgan fingerprint density at radius 1 is 0.341 bits per heavy atom. The van der Waals surface area contributed by atoms with E-state index < -0.39 is 0 Å². The van der Waals surface area contributed by atoms with E-state index in [1.165, 1.54) is 23.3 Å². The van der Waals surface area contributed by atoms with Crippen LogP contribution in [-0.4, -0.2) is 39.2 Å². The zero-order valence-electron chi connectivity index (χ0n) is 51.8. The Balaban J connectivity index is 1.16. The lowest BCUT2D eigenvalue weighted by Gasteiger charge is -2.33. The minimum Gasteiger partial charge on any atom is -0.310 e. The van der Waals surface area contributed by atoms with E-state index in [2.05, 4.69) is 124 Å². The lowest BCUT2D eigenvalue weighted by molar-refractivity contribution is 0.627. The summed E-state index contributed by atoms with van der Waals surface area (Å²) in [4.78, 5) is 6.53. The second kappa shape index (κ2) is 23.0. The highest BCUT2D eigenvalue weighted by molar-refractivity contribution is 7.83. The van der Waals surface area contributed by atoms with Crippen molar-refractivity contribution in [1.82, 2.24) is 0 Å². The van der Waals surface area contributed by atoms with Crippen molar-refractivity contribution >= 4 is 160 Å². The van der Waals surface area contributed by atoms with E-state index in [4.69, 9.17) is 77.1 Å². The van der Waals surface area contributed by atoms with Crippen LogP contribution in [0.25, 0.3) is 66.1 Å². The molecule has 1 aliphatic rings. The van der Waals surface area contributed by atoms with Gasteiger partial charge in [-0.25, -0.2) is 8.78 Å². The fourth-order valence-electron chi connectivity index (χ4n) is 14.0. The van der Waals surface area contributed by atoms with Gasteiger partial charge in [-0.2, -0.15) is 0 Å². The number of anilines is 6. The number of hydrogen-bond acceptors (Lipinski definition) is 5. The van der Waals surface area contributed by atoms with Crippen LogP contribution < -0.4 is 37.1 Å². The summed E-state index contributed by atoms with van der Waals surface area (Å²) in [7, 11) is 34.9. The molecule has 0 fully saturated rings. The number of halogens is 2. The van der Waals surface area contributed by atoms with Crippen LogP contribution in [0.4, 0.5) is 42.9 Å². The zero-order valence-corrected chi connectivity index (χ0v) is 54.5. The summed E-state index contributed by atoms with van der Waals surface area (Å²) >= 11 is 15.2. The largest absolute Gasteiger partial charge is 0.310 e. The van der Waals surface area contributed by atoms with Gasteiger partial charge in [0.05, 0.1) is 5.69 Å². The first-order valence-electron chi connectivity index (χ1n) is 29.6. The Morgan fingerprint density at radius 2 is 0.795 bits per heavy atom. The van der Waals surface area contributed by atoms with Gasteiger partial charge < -0.3 is 9.80 Å². The van der Waals surface area contributed by atoms with Gasteiger partial charge in [-0.1, -0.05) is 80.4 Å². The maximum atomic E-state index is 16.1. The molecule has 0 saturated heterocycles. The molecule has 12 rings (SSSR count). The summed E-state index contributed by atoms with van der Waals surface area (Å²) in [5, 5.41) is 4.16. The molecule has 424 valence electrons. The molecular weight excluding hydrogens is 1130 g/mol. The van der Waals surface area contributed by atoms with Gasteiger partial charge in [-0.05, 0) is 303 Å². The number of hydrogen-bond donors (Lipinski definition) is 3. The molecule has 1 aliphatic carbocycles. The van der Waals surface area contributed by atoms with Crippen LogP contribution in [0.2, 0.25) is 0 Å². The average molecular weight is 1190 g/mol. The molecule has 0 spiro atoms. The summed E-state index contributed by atoms with van der Waals surface area (Å²) in [6.07, 6.45) is 1.40. The van der Waals surface area contributed by atoms with Crippen LogP contribution in [0.15, 0.2) is 136 Å². The molecule has 0 aliphatic heterocycles. The minimum atomic E-state index is -0.389. The van der Waals surface area contributed by atoms with Gasteiger partial charge in [-0.3, -0.25) is 0 Å². The lowest BCUT2D eigenvalue weighted by Crippen LogP contribution is -2.26. The van der Waals surface area contributed by atoms with Crippen LogP contribution >= 0.6 is 37.9 Å². The summed E-state index contributed by atoms with van der Waals surface area (Å²) in [6, 6.07) is 39.6. The van der Waals surface area contributed by atoms with Gasteiger partial charge in [0.15, 0.2) is 0 Å². The van der Waals surface area contributed by atoms with Crippen LogP contribution in [-0.2, 0) is 12.8 Å². The summed E-state index contributed by atoms with van der Waals surface area (Å²) in [5.41, 5.74) is 28.8. The van der Waals surface area contributed by atoms with E-state index in [1.54, 1.807) is 24.3 Å². The predicted molar refractivity (Wildman–Crippen MR) is 385 cm³/mol. The molecule has 0 amide bonds. The van der Waals surface area contributed by atoms with Crippen molar-refractivity contribution in [2.75, 3.05) is 9.80 Å². The third-order valence-electron chi connectivity index (χ3n) is 19.5. The molecule has 0 bridgehead atoms. The monoisotopic (exact) mass is 1190 g/mol. The third kappa shape index (κ3) is 9.78. The van der Waals surface area contributed by atoms with E-state index >= 15 is 8.78 Å². The predicted octanol–water partition coefficient (Wildman–Crippen LogP) is 16.5. The first kappa shape index (κ1) is 61.0. The number of rotatable bonds is 10. The summed E-state index contributed by atoms with van der Waals surface area (Å²) in [5.74, 6) is -0.754. The molecule has 0 atom stereocenters. The molecule has 0 N–H and O–H groups in total. The first-order valence-corrected chi connectivity index (χ1v) is 31.0. The van der Waals surface area contributed by atoms with Gasteiger partial charge >= 0.3 is 0 Å². The van der Waals surface area contributed by atoms with Gasteiger partial charge in [-0.15, -0.1) is 37.9 Å². The third-order valence-corrected chi connectivity index (χ3v) is 21.4. The van der Waals surface area contributed by atoms with E-state index in [0.717, 1.165) is 160 Å². The molecule has 0 aromatic heterocycles. The van der Waals surface area contributed by atoms with Gasteiger partial charge in [0.2, 0.25) is 0 Å². The van der Waals surface area contributed by atoms with E-state index in [9.17, 15) is 0 Å². The number of benzene rings is 11. The van der Waals surface area contributed by atoms with E-state index in [0.29, 0.717) is 61.3 Å². The number of thiol groups is 3. The fourth-order valence-corrected chi connectivity index (χ4v) is 14.9. The smallest absolute Gasteiger partial charge is 0.125 e. The zero-order chi connectivity index (χ0) is 63.0. The molecule has 0 saturated carbocycles. The van der Waals surface area contributed by atoms with Gasteiger partial charge in [0.1, 0.15) is 50.9 Å². The molecular formula is C76H63B5F2N2S3. The molecule has 2 nitrogen and oxygen atoms in total. The average Bonchev–Trinajstić information content (AvgIpc) is 0.779. The topological polar surface area (TPSA) is 6.48 Å². The Hall–Kier alpha value is -7.23. The Kier molecular flexibility index (Phi) is 15.9. The standard InChI is InChI=1S/C76H63B5F2N2S3/c1-35-36(2)39(5)72(80)64(37(35)3)50-27-49(63-41(7)70(78)45(11)74(86)43(63)9)29-57(30-50)84(55-17-13-15-53(82)33-55)61-25-21-47-20-24-60-62(26-22-48-19-23-59(61)67(47)68(48)60)85(56-18-14-16-54(83)34-56)58-31-51(65-38(4)40(6)69(77)44(10)73(65)81)28-52(32-58)66-42(8)71(79)46(12)75(87)76(66)88/h13-18,20-22,24-34,86-88H,19,23H2,1-12H3. The van der Waals surface area contributed by atoms with Gasteiger partial charge in [0, 0.05) is 48.5 Å². The minimum absolute atomic E-state index is 0.366. The normalized spacial score (nSPS) is 12.1. The van der Waals surface area contributed by atoms with Crippen LogP contribution in [0.1, 0.15) is 77.9 Å². The van der Waals surface area contributed by atoms with E-state index in [-0.39, 0.29) is 11.6 Å². The highest BCUT2D eigenvalue weighted by atomic mass is 32.1. The molecule has 11 aromatic carbocycles. The van der Waals surface area contributed by atoms with Gasteiger partial charge in [0.25, 0.3) is 0 Å². The maximum Gasteiger partial charge on any atom is 0.125 e. The molecule has 12 heteroatoms. The highest BCUT2D eigenvalue weighted by Gasteiger charge is 2.29. The number of aryl methyl sites for hydroxylation is 2. The van der Waals surface area contributed by atoms with E-state index in [1.807, 2.05) is 53.7 Å². The maximum absolute atomic E-state index is 16.1. The van der Waals surface area contributed by atoms with Crippen molar-refractivity contribution in [1.29, 1.82) is 0 Å². The molecule has 10 radical (unpaired) electrons. The molecule has 0 heterocycles. The molecule has 11 aromatic rings. The Morgan fingerprint density at radius 3 is 1.38 bits per heavy atom. The van der Waals surface area contributed by atoms with Crippen molar-refractivity contribution in [3.8, 4) is 44.5 Å². The summed E-state index contributed by atoms with van der Waals surface area (Å²) in [6.45, 7) is 24.7. The second-order valence-electron chi connectivity index (χ2n) is 24.2. The van der Waals surface area contributed by atoms with Crippen molar-refractivity contribution < 1.29 is 8.78 Å². The second-order valence-corrected chi connectivity index (χ2v) is 25.5. The fraction of sp³-hybridized carbons (Fsp3) is 0.184. The van der Waals surface area contributed by atoms with Crippen molar-refractivity contribution in [3.63, 3.8) is 0 Å². The Labute approximate surface area is 540 Å².